The van der Waals surface area contributed by atoms with E-state index in [9.17, 15) is 5.26 Å². The fourth-order valence-corrected chi connectivity index (χ4v) is 5.26. The lowest BCUT2D eigenvalue weighted by molar-refractivity contribution is 0.0674. The van der Waals surface area contributed by atoms with Crippen molar-refractivity contribution in [2.24, 2.45) is 16.7 Å². The van der Waals surface area contributed by atoms with Gasteiger partial charge < -0.3 is 4.90 Å². The Bertz CT molecular complexity index is 680. The van der Waals surface area contributed by atoms with Crippen molar-refractivity contribution in [2.75, 3.05) is 11.4 Å². The first-order chi connectivity index (χ1) is 12.2. The molecular formula is C24H36N2. The minimum atomic E-state index is 0.285. The number of rotatable bonds is 6. The Kier molecular flexibility index (Phi) is 6.56. The third-order valence-electron chi connectivity index (χ3n) is 5.59. The first kappa shape index (κ1) is 20.6. The van der Waals surface area contributed by atoms with Crippen molar-refractivity contribution in [1.82, 2.24) is 0 Å². The minimum absolute atomic E-state index is 0.285. The zero-order valence-corrected chi connectivity index (χ0v) is 17.6. The normalized spacial score (nSPS) is 25.2. The Balaban J connectivity index is 2.35. The van der Waals surface area contributed by atoms with Gasteiger partial charge in [-0.3, -0.25) is 0 Å². The van der Waals surface area contributed by atoms with Crippen molar-refractivity contribution in [3.05, 3.63) is 41.6 Å². The highest BCUT2D eigenvalue weighted by Gasteiger charge is 2.40. The van der Waals surface area contributed by atoms with E-state index in [1.165, 1.54) is 30.5 Å². The molecule has 2 rings (SSSR count). The zero-order chi connectivity index (χ0) is 19.4. The van der Waals surface area contributed by atoms with E-state index in [2.05, 4.69) is 70.9 Å². The van der Waals surface area contributed by atoms with Crippen LogP contribution in [0.4, 0.5) is 5.69 Å². The predicted octanol–water partition coefficient (Wildman–Crippen LogP) is 6.84. The Morgan fingerprint density at radius 2 is 2.00 bits per heavy atom. The molecule has 0 unspecified atom stereocenters. The highest BCUT2D eigenvalue weighted by Crippen LogP contribution is 2.49. The third kappa shape index (κ3) is 5.37. The summed E-state index contributed by atoms with van der Waals surface area (Å²) < 4.78 is 0. The van der Waals surface area contributed by atoms with Crippen LogP contribution in [0.15, 0.2) is 30.5 Å². The molecule has 2 atom stereocenters. The molecule has 0 radical (unpaired) electrons. The average molecular weight is 353 g/mol. The molecule has 26 heavy (non-hydrogen) atoms. The largest absolute Gasteiger partial charge is 0.348 e. The van der Waals surface area contributed by atoms with E-state index in [4.69, 9.17) is 0 Å². The van der Waals surface area contributed by atoms with Crippen LogP contribution in [0.3, 0.4) is 0 Å². The second-order valence-electron chi connectivity index (χ2n) is 9.58. The quantitative estimate of drug-likeness (QED) is 0.560. The minimum Gasteiger partial charge on any atom is -0.348 e. The summed E-state index contributed by atoms with van der Waals surface area (Å²) in [7, 11) is 0. The monoisotopic (exact) mass is 352 g/mol. The predicted molar refractivity (Wildman–Crippen MR) is 112 cm³/mol. The van der Waals surface area contributed by atoms with Crippen LogP contribution >= 0.6 is 0 Å². The van der Waals surface area contributed by atoms with Crippen LogP contribution in [0.5, 0.6) is 0 Å². The van der Waals surface area contributed by atoms with Gasteiger partial charge in [-0.05, 0) is 67.1 Å². The molecule has 1 saturated carbocycles. The van der Waals surface area contributed by atoms with Crippen LogP contribution in [0.25, 0.3) is 0 Å². The molecule has 0 aromatic heterocycles. The number of aryl methyl sites for hydroxylation is 1. The smallest absolute Gasteiger partial charge is 0.0992 e. The summed E-state index contributed by atoms with van der Waals surface area (Å²) in [6.45, 7) is 15.1. The van der Waals surface area contributed by atoms with E-state index in [1.807, 2.05) is 12.1 Å². The molecule has 1 aromatic rings. The van der Waals surface area contributed by atoms with Gasteiger partial charge in [-0.15, -0.1) is 0 Å². The van der Waals surface area contributed by atoms with E-state index in [0.717, 1.165) is 30.9 Å². The summed E-state index contributed by atoms with van der Waals surface area (Å²) in [5.41, 5.74) is 3.83. The van der Waals surface area contributed by atoms with Gasteiger partial charge in [0.25, 0.3) is 0 Å². The molecule has 2 heteroatoms. The molecule has 1 aliphatic rings. The first-order valence-corrected chi connectivity index (χ1v) is 10.1. The van der Waals surface area contributed by atoms with Gasteiger partial charge in [-0.2, -0.15) is 5.26 Å². The van der Waals surface area contributed by atoms with Crippen molar-refractivity contribution in [1.29, 1.82) is 5.26 Å². The topological polar surface area (TPSA) is 27.0 Å². The number of nitriles is 1. The zero-order valence-electron chi connectivity index (χ0n) is 17.6. The summed E-state index contributed by atoms with van der Waals surface area (Å²) in [4.78, 5) is 2.40. The van der Waals surface area contributed by atoms with Gasteiger partial charge in [0.1, 0.15) is 0 Å². The Labute approximate surface area is 160 Å². The molecule has 0 N–H and O–H groups in total. The number of hydrogen-bond acceptors (Lipinski definition) is 2. The van der Waals surface area contributed by atoms with Gasteiger partial charge >= 0.3 is 0 Å². The van der Waals surface area contributed by atoms with Gasteiger partial charge in [0.15, 0.2) is 0 Å². The Morgan fingerprint density at radius 3 is 2.62 bits per heavy atom. The van der Waals surface area contributed by atoms with E-state index < -0.39 is 0 Å². The molecule has 0 aliphatic heterocycles. The number of benzene rings is 1. The fraction of sp³-hybridized carbons (Fsp3) is 0.625. The molecule has 1 fully saturated rings. The summed E-state index contributed by atoms with van der Waals surface area (Å²) in [6, 6.07) is 8.34. The molecule has 2 nitrogen and oxygen atoms in total. The highest BCUT2D eigenvalue weighted by atomic mass is 15.1. The SMILES string of the molecule is CCC/C=C/N(C[C@]1(C)C[C@H](C)CC(C)(C)C1)c1cc(C#N)ccc1C. The lowest BCUT2D eigenvalue weighted by Crippen LogP contribution is -2.42. The highest BCUT2D eigenvalue weighted by molar-refractivity contribution is 5.59. The maximum atomic E-state index is 9.34. The molecule has 0 bridgehead atoms. The van der Waals surface area contributed by atoms with Crippen LogP contribution in [-0.2, 0) is 0 Å². The van der Waals surface area contributed by atoms with E-state index >= 15 is 0 Å². The second kappa shape index (κ2) is 8.30. The summed E-state index contributed by atoms with van der Waals surface area (Å²) in [6.07, 6.45) is 10.6. The molecule has 142 valence electrons. The molecule has 0 spiro atoms. The van der Waals surface area contributed by atoms with Crippen molar-refractivity contribution >= 4 is 5.69 Å². The van der Waals surface area contributed by atoms with Crippen molar-refractivity contribution in [2.45, 2.75) is 73.6 Å². The van der Waals surface area contributed by atoms with Gasteiger partial charge in [-0.1, -0.05) is 53.2 Å². The van der Waals surface area contributed by atoms with Crippen LogP contribution in [0.1, 0.15) is 77.8 Å². The second-order valence-corrected chi connectivity index (χ2v) is 9.58. The summed E-state index contributed by atoms with van der Waals surface area (Å²) in [5, 5.41) is 9.34. The van der Waals surface area contributed by atoms with Gasteiger partial charge in [0.2, 0.25) is 0 Å². The van der Waals surface area contributed by atoms with Gasteiger partial charge in [0, 0.05) is 18.4 Å². The maximum absolute atomic E-state index is 9.34. The number of anilines is 1. The molecule has 1 aromatic carbocycles. The van der Waals surface area contributed by atoms with Crippen LogP contribution in [-0.4, -0.2) is 6.54 Å². The Morgan fingerprint density at radius 1 is 1.27 bits per heavy atom. The van der Waals surface area contributed by atoms with E-state index in [1.54, 1.807) is 0 Å². The standard InChI is InChI=1S/C24H36N2/c1-7-8-9-12-26(22-13-21(16-25)11-10-20(22)3)18-24(6)15-19(2)14-23(4,5)17-24/h9-13,19H,7-8,14-15,17-18H2,1-6H3/b12-9+/t19-,24-/m1/s1. The van der Waals surface area contributed by atoms with Crippen molar-refractivity contribution < 1.29 is 0 Å². The van der Waals surface area contributed by atoms with Crippen molar-refractivity contribution in [3.63, 3.8) is 0 Å². The molecular weight excluding hydrogens is 316 g/mol. The molecule has 1 aliphatic carbocycles. The maximum Gasteiger partial charge on any atom is 0.0992 e. The molecule has 0 amide bonds. The van der Waals surface area contributed by atoms with Crippen LogP contribution in [0, 0.1) is 35.0 Å². The fourth-order valence-electron chi connectivity index (χ4n) is 5.26. The summed E-state index contributed by atoms with van der Waals surface area (Å²) >= 11 is 0. The number of allylic oxidation sites excluding steroid dienone is 1. The lowest BCUT2D eigenvalue weighted by Gasteiger charge is -2.48. The number of hydrogen-bond donors (Lipinski definition) is 0. The molecule has 0 saturated heterocycles. The van der Waals surface area contributed by atoms with Crippen LogP contribution < -0.4 is 4.90 Å². The average Bonchev–Trinajstić information content (AvgIpc) is 2.52. The lowest BCUT2D eigenvalue weighted by atomic mass is 9.61. The first-order valence-electron chi connectivity index (χ1n) is 10.1. The molecule has 0 heterocycles. The third-order valence-corrected chi connectivity index (χ3v) is 5.59. The van der Waals surface area contributed by atoms with Gasteiger partial charge in [-0.25, -0.2) is 0 Å². The summed E-state index contributed by atoms with van der Waals surface area (Å²) in [5.74, 6) is 0.761. The van der Waals surface area contributed by atoms with E-state index in [0.29, 0.717) is 5.41 Å². The number of unbranched alkanes of at least 4 members (excludes halogenated alkanes) is 1. The van der Waals surface area contributed by atoms with Crippen LogP contribution in [0.2, 0.25) is 0 Å². The Hall–Kier alpha value is -1.75. The number of nitrogens with zero attached hydrogens (tertiary/aromatic N) is 2. The van der Waals surface area contributed by atoms with Crippen molar-refractivity contribution in [3.8, 4) is 6.07 Å². The van der Waals surface area contributed by atoms with Gasteiger partial charge in [0.05, 0.1) is 11.6 Å². The van der Waals surface area contributed by atoms with E-state index in [-0.39, 0.29) is 5.41 Å².